The zero-order valence-corrected chi connectivity index (χ0v) is 10.2. The zero-order valence-electron chi connectivity index (χ0n) is 10.2. The van der Waals surface area contributed by atoms with Gasteiger partial charge in [0.25, 0.3) is 0 Å². The number of hydrogen-bond acceptors (Lipinski definition) is 6. The van der Waals surface area contributed by atoms with Gasteiger partial charge in [0.2, 0.25) is 5.95 Å². The summed E-state index contributed by atoms with van der Waals surface area (Å²) in [6, 6.07) is 9.28. The first-order chi connectivity index (χ1) is 9.65. The number of hydrogen-bond donors (Lipinski definition) is 1. The molecule has 2 N–H and O–H groups in total. The number of nitrogen functional groups attached to an aromatic ring is 1. The van der Waals surface area contributed by atoms with Crippen molar-refractivity contribution in [1.82, 2.24) is 15.0 Å². The van der Waals surface area contributed by atoms with Gasteiger partial charge in [0.15, 0.2) is 5.69 Å². The molecular weight excluding hydrogens is 258 g/mol. The number of rotatable bonds is 2. The molecule has 0 aliphatic heterocycles. The van der Waals surface area contributed by atoms with Crippen LogP contribution >= 0.6 is 0 Å². The van der Waals surface area contributed by atoms with E-state index in [1.807, 2.05) is 24.3 Å². The van der Waals surface area contributed by atoms with Crippen LogP contribution in [0.4, 0.5) is 11.6 Å². The van der Waals surface area contributed by atoms with Crippen molar-refractivity contribution in [1.29, 1.82) is 0 Å². The topological polar surface area (TPSA) is 108 Å². The van der Waals surface area contributed by atoms with Crippen molar-refractivity contribution in [3.8, 4) is 11.3 Å². The van der Waals surface area contributed by atoms with Gasteiger partial charge in [0.05, 0.1) is 10.4 Å². The molecular formula is C13H9N5O2. The summed E-state index contributed by atoms with van der Waals surface area (Å²) in [5.41, 5.74) is 6.82. The molecule has 0 amide bonds. The molecule has 0 saturated carbocycles. The van der Waals surface area contributed by atoms with E-state index in [1.54, 1.807) is 6.07 Å². The van der Waals surface area contributed by atoms with E-state index in [2.05, 4.69) is 15.0 Å². The summed E-state index contributed by atoms with van der Waals surface area (Å²) in [6.45, 7) is 0. The molecule has 0 saturated heterocycles. The number of fused-ring (bicyclic) bond motifs is 1. The monoisotopic (exact) mass is 267 g/mol. The lowest BCUT2D eigenvalue weighted by Crippen LogP contribution is -2.01. The van der Waals surface area contributed by atoms with Gasteiger partial charge in [-0.2, -0.15) is 0 Å². The standard InChI is InChI=1S/C13H9N5O2/c14-13-16-7-11(18(19)20)12(17-13)9-5-8-3-1-2-4-10(8)15-6-9/h1-7H,(H2,14,16,17). The molecule has 1 aromatic carbocycles. The Kier molecular flexibility index (Phi) is 2.72. The van der Waals surface area contributed by atoms with E-state index in [1.165, 1.54) is 6.20 Å². The van der Waals surface area contributed by atoms with Gasteiger partial charge in [-0.15, -0.1) is 0 Å². The van der Waals surface area contributed by atoms with Crippen LogP contribution in [0.3, 0.4) is 0 Å². The Labute approximate surface area is 113 Å². The highest BCUT2D eigenvalue weighted by Crippen LogP contribution is 2.28. The van der Waals surface area contributed by atoms with E-state index in [0.29, 0.717) is 5.56 Å². The Morgan fingerprint density at radius 3 is 2.75 bits per heavy atom. The summed E-state index contributed by atoms with van der Waals surface area (Å²) in [6.07, 6.45) is 2.64. The zero-order chi connectivity index (χ0) is 14.1. The van der Waals surface area contributed by atoms with Crippen LogP contribution in [-0.4, -0.2) is 19.9 Å². The minimum atomic E-state index is -0.538. The lowest BCUT2D eigenvalue weighted by Gasteiger charge is -2.04. The predicted molar refractivity (Wildman–Crippen MR) is 73.8 cm³/mol. The molecule has 0 atom stereocenters. The third-order valence-corrected chi connectivity index (χ3v) is 2.85. The van der Waals surface area contributed by atoms with Crippen molar-refractivity contribution in [2.75, 3.05) is 5.73 Å². The van der Waals surface area contributed by atoms with E-state index in [4.69, 9.17) is 5.73 Å². The summed E-state index contributed by atoms with van der Waals surface area (Å²) in [5, 5.41) is 11.9. The number of pyridine rings is 1. The van der Waals surface area contributed by atoms with Crippen molar-refractivity contribution >= 4 is 22.5 Å². The van der Waals surface area contributed by atoms with Gasteiger partial charge >= 0.3 is 5.69 Å². The molecule has 0 radical (unpaired) electrons. The molecule has 2 aromatic heterocycles. The van der Waals surface area contributed by atoms with Gasteiger partial charge in [-0.3, -0.25) is 15.1 Å². The van der Waals surface area contributed by atoms with Gasteiger partial charge in [0.1, 0.15) is 6.20 Å². The molecule has 2 heterocycles. The SMILES string of the molecule is Nc1ncc([N+](=O)[O-])c(-c2cnc3ccccc3c2)n1. The van der Waals surface area contributed by atoms with E-state index in [-0.39, 0.29) is 17.3 Å². The summed E-state index contributed by atoms with van der Waals surface area (Å²) < 4.78 is 0. The van der Waals surface area contributed by atoms with Crippen molar-refractivity contribution in [3.63, 3.8) is 0 Å². The van der Waals surface area contributed by atoms with Gasteiger partial charge in [-0.25, -0.2) is 9.97 Å². The van der Waals surface area contributed by atoms with Crippen molar-refractivity contribution in [3.05, 3.63) is 52.8 Å². The van der Waals surface area contributed by atoms with Gasteiger partial charge < -0.3 is 5.73 Å². The molecule has 0 unspecified atom stereocenters. The molecule has 98 valence electrons. The first kappa shape index (κ1) is 12.0. The fourth-order valence-corrected chi connectivity index (χ4v) is 1.94. The second-order valence-corrected chi connectivity index (χ2v) is 4.14. The van der Waals surface area contributed by atoms with Gasteiger partial charge in [-0.1, -0.05) is 18.2 Å². The number of nitro groups is 1. The van der Waals surface area contributed by atoms with Gasteiger partial charge in [-0.05, 0) is 12.1 Å². The average molecular weight is 267 g/mol. The average Bonchev–Trinajstić information content (AvgIpc) is 2.46. The molecule has 0 aliphatic rings. The molecule has 3 rings (SSSR count). The van der Waals surface area contributed by atoms with Crippen LogP contribution in [0.2, 0.25) is 0 Å². The fraction of sp³-hybridized carbons (Fsp3) is 0. The van der Waals surface area contributed by atoms with Gasteiger partial charge in [0, 0.05) is 17.1 Å². The highest BCUT2D eigenvalue weighted by molar-refractivity contribution is 5.84. The number of para-hydroxylation sites is 1. The van der Waals surface area contributed by atoms with Crippen LogP contribution < -0.4 is 5.73 Å². The molecule has 7 nitrogen and oxygen atoms in total. The van der Waals surface area contributed by atoms with Crippen molar-refractivity contribution < 1.29 is 4.92 Å². The molecule has 0 fully saturated rings. The second-order valence-electron chi connectivity index (χ2n) is 4.14. The maximum absolute atomic E-state index is 11.0. The molecule has 0 bridgehead atoms. The minimum absolute atomic E-state index is 0.0150. The molecule has 3 aromatic rings. The lowest BCUT2D eigenvalue weighted by atomic mass is 10.1. The minimum Gasteiger partial charge on any atom is -0.368 e. The number of nitrogens with zero attached hydrogens (tertiary/aromatic N) is 4. The summed E-state index contributed by atoms with van der Waals surface area (Å²) >= 11 is 0. The number of benzene rings is 1. The summed E-state index contributed by atoms with van der Waals surface area (Å²) in [4.78, 5) is 22.4. The highest BCUT2D eigenvalue weighted by atomic mass is 16.6. The van der Waals surface area contributed by atoms with Crippen LogP contribution in [0.1, 0.15) is 0 Å². The van der Waals surface area contributed by atoms with Crippen molar-refractivity contribution in [2.24, 2.45) is 0 Å². The Morgan fingerprint density at radius 2 is 1.95 bits per heavy atom. The van der Waals surface area contributed by atoms with Crippen LogP contribution in [-0.2, 0) is 0 Å². The maximum atomic E-state index is 11.0. The van der Waals surface area contributed by atoms with Crippen LogP contribution in [0, 0.1) is 10.1 Å². The molecule has 0 spiro atoms. The van der Waals surface area contributed by atoms with Crippen LogP contribution in [0.25, 0.3) is 22.2 Å². The first-order valence-electron chi connectivity index (χ1n) is 5.77. The number of nitrogens with two attached hydrogens (primary N) is 1. The van der Waals surface area contributed by atoms with E-state index in [9.17, 15) is 10.1 Å². The number of aromatic nitrogens is 3. The third kappa shape index (κ3) is 2.01. The normalized spacial score (nSPS) is 10.6. The summed E-state index contributed by atoms with van der Waals surface area (Å²) in [5.74, 6) is -0.0150. The smallest absolute Gasteiger partial charge is 0.313 e. The van der Waals surface area contributed by atoms with Crippen LogP contribution in [0.5, 0.6) is 0 Å². The fourth-order valence-electron chi connectivity index (χ4n) is 1.94. The molecule has 7 heteroatoms. The Morgan fingerprint density at radius 1 is 1.15 bits per heavy atom. The summed E-state index contributed by atoms with van der Waals surface area (Å²) in [7, 11) is 0. The van der Waals surface area contributed by atoms with E-state index < -0.39 is 4.92 Å². The van der Waals surface area contributed by atoms with Crippen molar-refractivity contribution in [2.45, 2.75) is 0 Å². The Balaban J connectivity index is 2.24. The largest absolute Gasteiger partial charge is 0.368 e. The third-order valence-electron chi connectivity index (χ3n) is 2.85. The molecule has 0 aliphatic carbocycles. The first-order valence-corrected chi connectivity index (χ1v) is 5.77. The molecule has 20 heavy (non-hydrogen) atoms. The quantitative estimate of drug-likeness (QED) is 0.563. The second kappa shape index (κ2) is 4.54. The van der Waals surface area contributed by atoms with E-state index >= 15 is 0 Å². The Bertz CT molecular complexity index is 819. The Hall–Kier alpha value is -3.09. The van der Waals surface area contributed by atoms with Crippen LogP contribution in [0.15, 0.2) is 42.7 Å². The maximum Gasteiger partial charge on any atom is 0.313 e. The predicted octanol–water partition coefficient (Wildman–Crippen LogP) is 2.18. The van der Waals surface area contributed by atoms with E-state index in [0.717, 1.165) is 17.1 Å². The number of anilines is 1. The lowest BCUT2D eigenvalue weighted by molar-refractivity contribution is -0.384. The highest BCUT2D eigenvalue weighted by Gasteiger charge is 2.18.